The molecular weight excluding hydrogens is 310 g/mol. The largest absolute Gasteiger partial charge is 0.495 e. The number of anilines is 1. The van der Waals surface area contributed by atoms with Crippen LogP contribution in [-0.2, 0) is 14.4 Å². The second-order valence-electron chi connectivity index (χ2n) is 5.84. The van der Waals surface area contributed by atoms with Gasteiger partial charge in [-0.05, 0) is 24.6 Å². The maximum Gasteiger partial charge on any atom is 0.243 e. The first-order valence-corrected chi connectivity index (χ1v) is 7.93. The van der Waals surface area contributed by atoms with Gasteiger partial charge in [0, 0.05) is 25.9 Å². The molecule has 0 aromatic heterocycles. The second-order valence-corrected chi connectivity index (χ2v) is 5.84. The fourth-order valence-electron chi connectivity index (χ4n) is 2.51. The van der Waals surface area contributed by atoms with Gasteiger partial charge in [0.1, 0.15) is 11.5 Å². The minimum absolute atomic E-state index is 0.108. The molecule has 1 saturated heterocycles. The molecule has 1 aromatic rings. The van der Waals surface area contributed by atoms with Gasteiger partial charge in [0.15, 0.2) is 0 Å². The molecule has 0 unspecified atom stereocenters. The lowest BCUT2D eigenvalue weighted by molar-refractivity contribution is -0.127. The third-order valence-electron chi connectivity index (χ3n) is 3.86. The Kier molecular flexibility index (Phi) is 6.31. The Morgan fingerprint density at radius 2 is 1.92 bits per heavy atom. The predicted octanol–water partition coefficient (Wildman–Crippen LogP) is 0.723. The van der Waals surface area contributed by atoms with Crippen molar-refractivity contribution in [1.29, 1.82) is 0 Å². The van der Waals surface area contributed by atoms with E-state index in [4.69, 9.17) is 4.74 Å². The number of carbonyl (C=O) groups excluding carboxylic acids is 3. The summed E-state index contributed by atoms with van der Waals surface area (Å²) in [7, 11) is 1.53. The first kappa shape index (κ1) is 17.9. The van der Waals surface area contributed by atoms with E-state index in [0.717, 1.165) is 5.56 Å². The van der Waals surface area contributed by atoms with E-state index in [1.807, 2.05) is 24.0 Å². The van der Waals surface area contributed by atoms with E-state index in [1.165, 1.54) is 7.11 Å². The van der Waals surface area contributed by atoms with E-state index in [2.05, 4.69) is 10.6 Å². The van der Waals surface area contributed by atoms with Crippen molar-refractivity contribution in [3.63, 3.8) is 0 Å². The molecule has 0 spiro atoms. The average Bonchev–Trinajstić information content (AvgIpc) is 2.55. The minimum atomic E-state index is -0.318. The zero-order valence-electron chi connectivity index (χ0n) is 14.1. The van der Waals surface area contributed by atoms with E-state index in [9.17, 15) is 14.4 Å². The van der Waals surface area contributed by atoms with Crippen LogP contribution in [0.4, 0.5) is 5.69 Å². The van der Waals surface area contributed by atoms with Crippen LogP contribution in [-0.4, -0.2) is 55.8 Å². The van der Waals surface area contributed by atoms with Crippen molar-refractivity contribution in [2.24, 2.45) is 0 Å². The number of amides is 2. The van der Waals surface area contributed by atoms with Crippen LogP contribution in [0.2, 0.25) is 0 Å². The highest BCUT2D eigenvalue weighted by atomic mass is 16.5. The second kappa shape index (κ2) is 8.44. The first-order valence-electron chi connectivity index (χ1n) is 7.93. The fourth-order valence-corrected chi connectivity index (χ4v) is 2.51. The molecule has 1 aliphatic heterocycles. The Morgan fingerprint density at radius 3 is 2.58 bits per heavy atom. The number of nitrogens with one attached hydrogen (secondary N) is 2. The van der Waals surface area contributed by atoms with Crippen LogP contribution < -0.4 is 15.4 Å². The average molecular weight is 333 g/mol. The SMILES string of the molecule is COc1ccc(C)cc1NC(=O)CNC(=O)CN1CCC(=O)CC1. The highest BCUT2D eigenvalue weighted by Crippen LogP contribution is 2.24. The van der Waals surface area contributed by atoms with Gasteiger partial charge in [-0.1, -0.05) is 6.07 Å². The number of piperidine rings is 1. The van der Waals surface area contributed by atoms with Gasteiger partial charge in [0.05, 0.1) is 25.9 Å². The topological polar surface area (TPSA) is 87.7 Å². The lowest BCUT2D eigenvalue weighted by atomic mass is 10.1. The van der Waals surface area contributed by atoms with E-state index < -0.39 is 0 Å². The highest BCUT2D eigenvalue weighted by molar-refractivity contribution is 5.96. The smallest absolute Gasteiger partial charge is 0.243 e. The first-order chi connectivity index (χ1) is 11.5. The number of ether oxygens (including phenoxy) is 1. The van der Waals surface area contributed by atoms with Crippen LogP contribution >= 0.6 is 0 Å². The van der Waals surface area contributed by atoms with Gasteiger partial charge in [-0.3, -0.25) is 19.3 Å². The van der Waals surface area contributed by atoms with Crippen LogP contribution in [0.1, 0.15) is 18.4 Å². The molecular formula is C17H23N3O4. The maximum absolute atomic E-state index is 12.0. The Balaban J connectivity index is 1.77. The van der Waals surface area contributed by atoms with Crippen molar-refractivity contribution in [1.82, 2.24) is 10.2 Å². The molecule has 2 rings (SSSR count). The highest BCUT2D eigenvalue weighted by Gasteiger charge is 2.18. The van der Waals surface area contributed by atoms with Gasteiger partial charge in [0.2, 0.25) is 11.8 Å². The summed E-state index contributed by atoms with van der Waals surface area (Å²) >= 11 is 0. The summed E-state index contributed by atoms with van der Waals surface area (Å²) in [5.41, 5.74) is 1.57. The zero-order valence-corrected chi connectivity index (χ0v) is 14.1. The summed E-state index contributed by atoms with van der Waals surface area (Å²) in [5, 5.41) is 5.33. The molecule has 1 fully saturated rings. The Hall–Kier alpha value is -2.41. The number of Topliss-reactive ketones (excluding diaryl/α,β-unsaturated/α-hetero) is 1. The van der Waals surface area contributed by atoms with Crippen LogP contribution in [0.25, 0.3) is 0 Å². The van der Waals surface area contributed by atoms with Gasteiger partial charge >= 0.3 is 0 Å². The molecule has 24 heavy (non-hydrogen) atoms. The molecule has 0 radical (unpaired) electrons. The molecule has 7 nitrogen and oxygen atoms in total. The summed E-state index contributed by atoms with van der Waals surface area (Å²) in [5.74, 6) is 0.258. The number of hydrogen-bond donors (Lipinski definition) is 2. The molecule has 130 valence electrons. The number of methoxy groups -OCH3 is 1. The van der Waals surface area contributed by atoms with Crippen molar-refractivity contribution in [3.8, 4) is 5.75 Å². The molecule has 2 amide bonds. The van der Waals surface area contributed by atoms with Crippen LogP contribution in [0.15, 0.2) is 18.2 Å². The molecule has 1 aromatic carbocycles. The summed E-state index contributed by atoms with van der Waals surface area (Å²) in [4.78, 5) is 37.0. The number of hydrogen-bond acceptors (Lipinski definition) is 5. The third kappa shape index (κ3) is 5.34. The number of ketones is 1. The number of nitrogens with zero attached hydrogens (tertiary/aromatic N) is 1. The molecule has 0 atom stereocenters. The molecule has 0 bridgehead atoms. The van der Waals surface area contributed by atoms with Gasteiger partial charge in [-0.2, -0.15) is 0 Å². The van der Waals surface area contributed by atoms with Crippen molar-refractivity contribution >= 4 is 23.3 Å². The van der Waals surface area contributed by atoms with Gasteiger partial charge in [-0.15, -0.1) is 0 Å². The molecule has 0 aliphatic carbocycles. The lowest BCUT2D eigenvalue weighted by Crippen LogP contribution is -2.43. The van der Waals surface area contributed by atoms with Crippen LogP contribution in [0.5, 0.6) is 5.75 Å². The molecule has 1 aliphatic rings. The number of benzene rings is 1. The predicted molar refractivity (Wildman–Crippen MR) is 90.1 cm³/mol. The summed E-state index contributed by atoms with van der Waals surface area (Å²) in [6, 6.07) is 5.48. The Bertz CT molecular complexity index is 620. The van der Waals surface area contributed by atoms with Crippen LogP contribution in [0, 0.1) is 6.92 Å². The van der Waals surface area contributed by atoms with Gasteiger partial charge in [0.25, 0.3) is 0 Å². The number of aryl methyl sites for hydroxylation is 1. The lowest BCUT2D eigenvalue weighted by Gasteiger charge is -2.24. The fraction of sp³-hybridized carbons (Fsp3) is 0.471. The van der Waals surface area contributed by atoms with E-state index >= 15 is 0 Å². The monoisotopic (exact) mass is 333 g/mol. The number of likely N-dealkylation sites (tertiary alicyclic amines) is 1. The molecule has 2 N–H and O–H groups in total. The van der Waals surface area contributed by atoms with Gasteiger partial charge in [-0.25, -0.2) is 0 Å². The van der Waals surface area contributed by atoms with Gasteiger partial charge < -0.3 is 15.4 Å². The third-order valence-corrected chi connectivity index (χ3v) is 3.86. The summed E-state index contributed by atoms with van der Waals surface area (Å²) < 4.78 is 5.20. The number of carbonyl (C=O) groups is 3. The minimum Gasteiger partial charge on any atom is -0.495 e. The summed E-state index contributed by atoms with van der Waals surface area (Å²) in [6.07, 6.45) is 0.974. The number of rotatable bonds is 6. The van der Waals surface area contributed by atoms with Crippen molar-refractivity contribution in [3.05, 3.63) is 23.8 Å². The van der Waals surface area contributed by atoms with Crippen molar-refractivity contribution < 1.29 is 19.1 Å². The maximum atomic E-state index is 12.0. The normalized spacial score (nSPS) is 15.0. The van der Waals surface area contributed by atoms with Crippen molar-refractivity contribution in [2.45, 2.75) is 19.8 Å². The zero-order chi connectivity index (χ0) is 17.5. The standard InChI is InChI=1S/C17H23N3O4/c1-12-3-4-15(24-2)14(9-12)19-16(22)10-18-17(23)11-20-7-5-13(21)6-8-20/h3-4,9H,5-8,10-11H2,1-2H3,(H,18,23)(H,19,22). The summed E-state index contributed by atoms with van der Waals surface area (Å²) in [6.45, 7) is 3.20. The van der Waals surface area contributed by atoms with Crippen molar-refractivity contribution in [2.75, 3.05) is 38.6 Å². The Labute approximate surface area is 141 Å². The molecule has 0 saturated carbocycles. The van der Waals surface area contributed by atoms with E-state index in [0.29, 0.717) is 37.4 Å². The van der Waals surface area contributed by atoms with Crippen LogP contribution in [0.3, 0.4) is 0 Å². The Morgan fingerprint density at radius 1 is 1.21 bits per heavy atom. The van der Waals surface area contributed by atoms with E-state index in [1.54, 1.807) is 6.07 Å². The van der Waals surface area contributed by atoms with E-state index in [-0.39, 0.29) is 30.7 Å². The quantitative estimate of drug-likeness (QED) is 0.801. The molecule has 7 heteroatoms. The molecule has 1 heterocycles.